The molecule has 2 aromatic heterocycles. The summed E-state index contributed by atoms with van der Waals surface area (Å²) in [5.41, 5.74) is 8.10. The summed E-state index contributed by atoms with van der Waals surface area (Å²) in [6.07, 6.45) is 0. The van der Waals surface area contributed by atoms with Crippen LogP contribution < -0.4 is 0 Å². The number of hydrogen-bond acceptors (Lipinski definition) is 1. The van der Waals surface area contributed by atoms with Gasteiger partial charge in [0.15, 0.2) is 5.69 Å². The molecule has 0 amide bonds. The van der Waals surface area contributed by atoms with Crippen molar-refractivity contribution in [2.75, 3.05) is 0 Å². The zero-order chi connectivity index (χ0) is 27.3. The predicted octanol–water partition coefficient (Wildman–Crippen LogP) is 9.72. The Kier molecular flexibility index (Phi) is 5.37. The third-order valence-electron chi connectivity index (χ3n) is 7.42. The van der Waals surface area contributed by atoms with Crippen LogP contribution in [0.2, 0.25) is 0 Å². The molecule has 39 heavy (non-hydrogen) atoms. The Labute approximate surface area is 225 Å². The molecule has 0 N–H and O–H groups in total. The quantitative estimate of drug-likeness (QED) is 0.220. The number of para-hydroxylation sites is 1. The summed E-state index contributed by atoms with van der Waals surface area (Å²) < 4.78 is 1.98. The lowest BCUT2D eigenvalue weighted by atomic mass is 9.86. The number of pyridine rings is 1. The van der Waals surface area contributed by atoms with Crippen LogP contribution >= 0.6 is 0 Å². The Balaban J connectivity index is 1.98. The van der Waals surface area contributed by atoms with Crippen LogP contribution in [0.15, 0.2) is 78.9 Å². The van der Waals surface area contributed by atoms with Crippen LogP contribution in [-0.2, 0) is 0 Å². The van der Waals surface area contributed by atoms with Crippen LogP contribution in [0.5, 0.6) is 0 Å². The van der Waals surface area contributed by atoms with Gasteiger partial charge >= 0.3 is 0 Å². The van der Waals surface area contributed by atoms with Crippen LogP contribution in [0.25, 0.3) is 64.1 Å². The van der Waals surface area contributed by atoms with E-state index in [2.05, 4.69) is 51.8 Å². The van der Waals surface area contributed by atoms with Gasteiger partial charge < -0.3 is 4.40 Å². The van der Waals surface area contributed by atoms with Gasteiger partial charge in [0.1, 0.15) is 0 Å². The lowest BCUT2D eigenvalue weighted by molar-refractivity contribution is 1.29. The first-order chi connectivity index (χ1) is 19.0. The third kappa shape index (κ3) is 3.22. The van der Waals surface area contributed by atoms with Gasteiger partial charge in [0.2, 0.25) is 11.4 Å². The molecular formula is C34H19N5. The minimum absolute atomic E-state index is 0.0751. The zero-order valence-corrected chi connectivity index (χ0v) is 21.2. The summed E-state index contributed by atoms with van der Waals surface area (Å²) in [4.78, 5) is 11.1. The summed E-state index contributed by atoms with van der Waals surface area (Å²) in [5, 5.41) is 11.9. The normalized spacial score (nSPS) is 10.7. The van der Waals surface area contributed by atoms with Gasteiger partial charge in [-0.1, -0.05) is 66.7 Å². The maximum Gasteiger partial charge on any atom is 0.203 e. The third-order valence-corrected chi connectivity index (χ3v) is 7.42. The molecule has 5 heteroatoms. The number of aromatic nitrogens is 1. The number of rotatable bonds is 2. The van der Waals surface area contributed by atoms with Gasteiger partial charge in [-0.2, -0.15) is 5.26 Å². The molecule has 6 aromatic rings. The Bertz CT molecular complexity index is 2190. The van der Waals surface area contributed by atoms with E-state index in [1.165, 1.54) is 0 Å². The fourth-order valence-corrected chi connectivity index (χ4v) is 5.72. The Hall–Kier alpha value is -5.88. The van der Waals surface area contributed by atoms with Crippen molar-refractivity contribution in [2.24, 2.45) is 0 Å². The second kappa shape index (κ2) is 8.90. The molecule has 0 saturated carbocycles. The summed E-state index contributed by atoms with van der Waals surface area (Å²) in [6, 6.07) is 28.4. The van der Waals surface area contributed by atoms with Crippen LogP contribution in [0.1, 0.15) is 16.7 Å². The highest BCUT2D eigenvalue weighted by Gasteiger charge is 2.28. The number of fused-ring (bicyclic) bond motifs is 5. The second-order valence-corrected chi connectivity index (χ2v) is 9.38. The fraction of sp³-hybridized carbons (Fsp3) is 0.0588. The number of aryl methyl sites for hydroxylation is 2. The van der Waals surface area contributed by atoms with Gasteiger partial charge in [-0.05, 0) is 64.7 Å². The van der Waals surface area contributed by atoms with Crippen LogP contribution in [0, 0.1) is 44.9 Å². The van der Waals surface area contributed by atoms with E-state index in [1.54, 1.807) is 0 Å². The van der Waals surface area contributed by atoms with E-state index >= 15 is 0 Å². The lowest BCUT2D eigenvalue weighted by Crippen LogP contribution is -2.00. The molecule has 0 radical (unpaired) electrons. The molecule has 2 heterocycles. The van der Waals surface area contributed by atoms with E-state index in [0.29, 0.717) is 10.9 Å². The van der Waals surface area contributed by atoms with Crippen molar-refractivity contribution in [1.29, 1.82) is 5.26 Å². The molecule has 0 aliphatic heterocycles. The predicted molar refractivity (Wildman–Crippen MR) is 156 cm³/mol. The zero-order valence-electron chi connectivity index (χ0n) is 21.2. The average molecular weight is 498 g/mol. The number of nitrogens with zero attached hydrogens (tertiary/aromatic N) is 5. The number of hydrogen-bond donors (Lipinski definition) is 0. The molecule has 180 valence electrons. The molecule has 0 bridgehead atoms. The second-order valence-electron chi connectivity index (χ2n) is 9.38. The Morgan fingerprint density at radius 3 is 1.97 bits per heavy atom. The molecule has 0 aliphatic rings. The largest absolute Gasteiger partial charge is 0.310 e. The van der Waals surface area contributed by atoms with E-state index in [-0.39, 0.29) is 22.6 Å². The summed E-state index contributed by atoms with van der Waals surface area (Å²) >= 11 is 0. The maximum atomic E-state index is 10.4. The molecule has 4 aromatic carbocycles. The van der Waals surface area contributed by atoms with E-state index in [9.17, 15) is 5.26 Å². The number of benzene rings is 4. The number of nitriles is 1. The average Bonchev–Trinajstić information content (AvgIpc) is 3.36. The molecular weight excluding hydrogens is 478 g/mol. The van der Waals surface area contributed by atoms with E-state index in [4.69, 9.17) is 19.7 Å². The first-order valence-corrected chi connectivity index (χ1v) is 12.3. The molecule has 6 rings (SSSR count). The minimum Gasteiger partial charge on any atom is -0.310 e. The molecule has 0 fully saturated rings. The van der Waals surface area contributed by atoms with E-state index < -0.39 is 0 Å². The smallest absolute Gasteiger partial charge is 0.203 e. The molecule has 0 atom stereocenters. The Morgan fingerprint density at radius 2 is 1.31 bits per heavy atom. The fourth-order valence-electron chi connectivity index (χ4n) is 5.72. The van der Waals surface area contributed by atoms with Gasteiger partial charge in [-0.3, -0.25) is 14.5 Å². The highest BCUT2D eigenvalue weighted by atomic mass is 14.9. The highest BCUT2D eigenvalue weighted by Crippen LogP contribution is 2.53. The van der Waals surface area contributed by atoms with Gasteiger partial charge in [0.05, 0.1) is 42.4 Å². The van der Waals surface area contributed by atoms with Gasteiger partial charge in [0, 0.05) is 10.9 Å². The highest BCUT2D eigenvalue weighted by molar-refractivity contribution is 6.19. The van der Waals surface area contributed by atoms with Crippen LogP contribution in [0.4, 0.5) is 17.1 Å². The van der Waals surface area contributed by atoms with Gasteiger partial charge in [-0.15, -0.1) is 0 Å². The monoisotopic (exact) mass is 497 g/mol. The van der Waals surface area contributed by atoms with Gasteiger partial charge in [-0.25, -0.2) is 0 Å². The van der Waals surface area contributed by atoms with E-state index in [0.717, 1.165) is 49.8 Å². The first kappa shape index (κ1) is 23.5. The molecule has 0 unspecified atom stereocenters. The molecule has 0 spiro atoms. The van der Waals surface area contributed by atoms with Gasteiger partial charge in [0.25, 0.3) is 0 Å². The van der Waals surface area contributed by atoms with Crippen molar-refractivity contribution < 1.29 is 0 Å². The topological polar surface area (TPSA) is 41.3 Å². The lowest BCUT2D eigenvalue weighted by Gasteiger charge is -2.21. The van der Waals surface area contributed by atoms with Crippen molar-refractivity contribution in [2.45, 2.75) is 13.8 Å². The van der Waals surface area contributed by atoms with E-state index in [1.807, 2.05) is 65.9 Å². The van der Waals surface area contributed by atoms with Crippen molar-refractivity contribution in [3.05, 3.63) is 130 Å². The Morgan fingerprint density at radius 1 is 0.692 bits per heavy atom. The first-order valence-electron chi connectivity index (χ1n) is 12.3. The molecule has 0 aliphatic carbocycles. The molecule has 0 saturated heterocycles. The van der Waals surface area contributed by atoms with Crippen molar-refractivity contribution >= 4 is 44.4 Å². The minimum atomic E-state index is -0.0768. The van der Waals surface area contributed by atoms with Crippen LogP contribution in [-0.4, -0.2) is 4.40 Å². The van der Waals surface area contributed by atoms with Crippen molar-refractivity contribution in [3.8, 4) is 28.3 Å². The standard InChI is InChI=1S/C34H19N5/c1-20-12-6-8-14-23(20)24-15-9-10-16-25(24)29-21(2)28-18-22-13-7-11-17-27(22)39(28)34-26(19-35)31(36-3)33(38-5)32(37-4)30(29)34/h6-18H,1-2H3. The van der Waals surface area contributed by atoms with Crippen LogP contribution in [0.3, 0.4) is 0 Å². The van der Waals surface area contributed by atoms with Crippen molar-refractivity contribution in [1.82, 2.24) is 4.40 Å². The molecule has 5 nitrogen and oxygen atoms in total. The SMILES string of the molecule is [C-]#[N+]c1c([N+]#[C-])c(C#N)c2c(c1[N+]#[C-])c(-c1ccccc1-c1ccccc1C)c(C)c1cc3ccccc3n12. The van der Waals surface area contributed by atoms with Crippen molar-refractivity contribution in [3.63, 3.8) is 0 Å². The summed E-state index contributed by atoms with van der Waals surface area (Å²) in [6.45, 7) is 28.0. The summed E-state index contributed by atoms with van der Waals surface area (Å²) in [5.74, 6) is 0. The summed E-state index contributed by atoms with van der Waals surface area (Å²) in [7, 11) is 0. The maximum absolute atomic E-state index is 10.4.